The fraction of sp³-hybridized carbons (Fsp3) is 0.208. The maximum Gasteiger partial charge on any atom is 0.256 e. The highest BCUT2D eigenvalue weighted by atomic mass is 16.2. The van der Waals surface area contributed by atoms with Gasteiger partial charge in [0, 0.05) is 35.9 Å². The van der Waals surface area contributed by atoms with E-state index in [4.69, 9.17) is 0 Å². The largest absolute Gasteiger partial charge is 0.327 e. The molecule has 2 N–H and O–H groups in total. The van der Waals surface area contributed by atoms with Gasteiger partial charge in [-0.05, 0) is 73.9 Å². The quantitative estimate of drug-likeness (QED) is 0.687. The molecular weight excluding hydrogens is 392 g/mol. The van der Waals surface area contributed by atoms with Crippen LogP contribution in [0.4, 0.5) is 11.4 Å². The molecular formula is C24H22N4O3. The van der Waals surface area contributed by atoms with Crippen LogP contribution in [-0.4, -0.2) is 39.8 Å². The summed E-state index contributed by atoms with van der Waals surface area (Å²) in [5.74, 6) is -0.593. The number of carbonyl (C=O) groups is 3. The summed E-state index contributed by atoms with van der Waals surface area (Å²) in [4.78, 5) is 39.9. The first-order valence-corrected chi connectivity index (χ1v) is 10.3. The normalized spacial score (nSPS) is 17.6. The van der Waals surface area contributed by atoms with Gasteiger partial charge in [-0.1, -0.05) is 0 Å². The van der Waals surface area contributed by atoms with E-state index in [9.17, 15) is 14.4 Å². The topological polar surface area (TPSA) is 83.4 Å². The van der Waals surface area contributed by atoms with Gasteiger partial charge in [0.05, 0.1) is 11.3 Å². The lowest BCUT2D eigenvalue weighted by atomic mass is 10.1. The van der Waals surface area contributed by atoms with Crippen LogP contribution in [0.5, 0.6) is 0 Å². The summed E-state index contributed by atoms with van der Waals surface area (Å²) in [6.45, 7) is 2.53. The molecule has 0 saturated carbocycles. The molecule has 3 aromatic rings. The number of anilines is 2. The minimum Gasteiger partial charge on any atom is -0.327 e. The lowest BCUT2D eigenvalue weighted by Gasteiger charge is -2.20. The van der Waals surface area contributed by atoms with Gasteiger partial charge in [0.15, 0.2) is 0 Å². The lowest BCUT2D eigenvalue weighted by molar-refractivity contribution is -0.119. The minimum atomic E-state index is -0.417. The Morgan fingerprint density at radius 2 is 1.90 bits per heavy atom. The third-order valence-electron chi connectivity index (χ3n) is 5.92. The Morgan fingerprint density at radius 3 is 2.68 bits per heavy atom. The molecule has 1 unspecified atom stereocenters. The Labute approximate surface area is 179 Å². The monoisotopic (exact) mass is 414 g/mol. The standard InChI is InChI=1S/C24H22N4O3/c1-15-13-16(6-9-20(15)27-10-2-3-11-27)22(29)25-17-7-8-19-18(14-17)24(31)28-12-4-5-21(28)23(30)26-19/h2-3,6-11,13-14,21H,4-5,12H2,1H3,(H,25,29)(H,26,30). The Kier molecular flexibility index (Phi) is 4.58. The molecule has 1 fully saturated rings. The fourth-order valence-corrected chi connectivity index (χ4v) is 4.35. The van der Waals surface area contributed by atoms with Crippen LogP contribution in [0.1, 0.15) is 39.1 Å². The van der Waals surface area contributed by atoms with E-state index in [1.807, 2.05) is 48.1 Å². The van der Waals surface area contributed by atoms with Gasteiger partial charge in [0.2, 0.25) is 5.91 Å². The molecule has 0 aliphatic carbocycles. The lowest BCUT2D eigenvalue weighted by Crippen LogP contribution is -2.40. The summed E-state index contributed by atoms with van der Waals surface area (Å²) in [6.07, 6.45) is 5.40. The number of amides is 3. The van der Waals surface area contributed by atoms with E-state index in [0.717, 1.165) is 17.7 Å². The van der Waals surface area contributed by atoms with Crippen LogP contribution in [0.15, 0.2) is 60.9 Å². The zero-order valence-electron chi connectivity index (χ0n) is 17.1. The molecule has 7 heteroatoms. The predicted octanol–water partition coefficient (Wildman–Crippen LogP) is 3.59. The van der Waals surface area contributed by atoms with E-state index in [0.29, 0.717) is 35.5 Å². The smallest absolute Gasteiger partial charge is 0.256 e. The number of aryl methyl sites for hydroxylation is 1. The van der Waals surface area contributed by atoms with Gasteiger partial charge in [0.25, 0.3) is 11.8 Å². The molecule has 0 bridgehead atoms. The number of hydrogen-bond donors (Lipinski definition) is 2. The molecule has 3 amide bonds. The Hall–Kier alpha value is -3.87. The van der Waals surface area contributed by atoms with E-state index in [1.165, 1.54) is 0 Å². The third-order valence-corrected chi connectivity index (χ3v) is 5.92. The molecule has 5 rings (SSSR count). The van der Waals surface area contributed by atoms with Gasteiger partial charge in [0.1, 0.15) is 6.04 Å². The zero-order valence-corrected chi connectivity index (χ0v) is 17.1. The minimum absolute atomic E-state index is 0.153. The summed E-state index contributed by atoms with van der Waals surface area (Å²) < 4.78 is 2.00. The Bertz CT molecular complexity index is 1200. The molecule has 156 valence electrons. The summed E-state index contributed by atoms with van der Waals surface area (Å²) >= 11 is 0. The highest BCUT2D eigenvalue weighted by molar-refractivity contribution is 6.11. The highest BCUT2D eigenvalue weighted by Gasteiger charge is 2.38. The highest BCUT2D eigenvalue weighted by Crippen LogP contribution is 2.30. The molecule has 1 saturated heterocycles. The van der Waals surface area contributed by atoms with Gasteiger partial charge in [-0.2, -0.15) is 0 Å². The van der Waals surface area contributed by atoms with Crippen molar-refractivity contribution >= 4 is 29.1 Å². The van der Waals surface area contributed by atoms with Crippen LogP contribution in [0.2, 0.25) is 0 Å². The molecule has 0 radical (unpaired) electrons. The van der Waals surface area contributed by atoms with Crippen molar-refractivity contribution in [2.75, 3.05) is 17.2 Å². The molecule has 2 aromatic carbocycles. The molecule has 2 aliphatic rings. The SMILES string of the molecule is Cc1cc(C(=O)Nc2ccc3c(c2)C(=O)N2CCCC2C(=O)N3)ccc1-n1cccc1. The van der Waals surface area contributed by atoms with Crippen molar-refractivity contribution in [1.82, 2.24) is 9.47 Å². The maximum atomic E-state index is 13.0. The number of nitrogens with zero attached hydrogens (tertiary/aromatic N) is 2. The first kappa shape index (κ1) is 19.1. The first-order valence-electron chi connectivity index (χ1n) is 10.3. The third kappa shape index (κ3) is 3.38. The van der Waals surface area contributed by atoms with Crippen LogP contribution in [0, 0.1) is 6.92 Å². The predicted molar refractivity (Wildman–Crippen MR) is 118 cm³/mol. The molecule has 3 heterocycles. The number of carbonyl (C=O) groups excluding carboxylic acids is 3. The molecule has 1 aromatic heterocycles. The van der Waals surface area contributed by atoms with E-state index in [1.54, 1.807) is 29.2 Å². The van der Waals surface area contributed by atoms with E-state index in [2.05, 4.69) is 10.6 Å². The van der Waals surface area contributed by atoms with Gasteiger partial charge < -0.3 is 20.1 Å². The van der Waals surface area contributed by atoms with Crippen LogP contribution in [-0.2, 0) is 4.79 Å². The summed E-state index contributed by atoms with van der Waals surface area (Å²) in [5.41, 5.74) is 3.90. The number of fused-ring (bicyclic) bond motifs is 2. The van der Waals surface area contributed by atoms with Gasteiger partial charge >= 0.3 is 0 Å². The van der Waals surface area contributed by atoms with Crippen molar-refractivity contribution < 1.29 is 14.4 Å². The molecule has 0 spiro atoms. The summed E-state index contributed by atoms with van der Waals surface area (Å²) in [5, 5.41) is 5.72. The summed E-state index contributed by atoms with van der Waals surface area (Å²) in [6, 6.07) is 14.0. The van der Waals surface area contributed by atoms with Crippen molar-refractivity contribution in [3.8, 4) is 5.69 Å². The van der Waals surface area contributed by atoms with Crippen molar-refractivity contribution in [1.29, 1.82) is 0 Å². The number of aromatic nitrogens is 1. The number of hydrogen-bond acceptors (Lipinski definition) is 3. The molecule has 31 heavy (non-hydrogen) atoms. The molecule has 7 nitrogen and oxygen atoms in total. The second kappa shape index (κ2) is 7.43. The van der Waals surface area contributed by atoms with E-state index < -0.39 is 6.04 Å². The second-order valence-electron chi connectivity index (χ2n) is 7.95. The van der Waals surface area contributed by atoms with Crippen molar-refractivity contribution in [2.24, 2.45) is 0 Å². The first-order chi connectivity index (χ1) is 15.0. The van der Waals surface area contributed by atoms with E-state index >= 15 is 0 Å². The number of benzene rings is 2. The summed E-state index contributed by atoms with van der Waals surface area (Å²) in [7, 11) is 0. The maximum absolute atomic E-state index is 13.0. The number of rotatable bonds is 3. The van der Waals surface area contributed by atoms with Crippen molar-refractivity contribution in [3.05, 3.63) is 77.6 Å². The van der Waals surface area contributed by atoms with Crippen LogP contribution >= 0.6 is 0 Å². The van der Waals surface area contributed by atoms with E-state index in [-0.39, 0.29) is 17.7 Å². The second-order valence-corrected chi connectivity index (χ2v) is 7.95. The molecule has 1 atom stereocenters. The molecule has 2 aliphatic heterocycles. The van der Waals surface area contributed by atoms with Crippen LogP contribution in [0.25, 0.3) is 5.69 Å². The average Bonchev–Trinajstić information content (AvgIpc) is 3.45. The number of nitrogens with one attached hydrogen (secondary N) is 2. The van der Waals surface area contributed by atoms with Gasteiger partial charge in [-0.15, -0.1) is 0 Å². The zero-order chi connectivity index (χ0) is 21.5. The fourth-order valence-electron chi connectivity index (χ4n) is 4.35. The Balaban J connectivity index is 1.39. The van der Waals surface area contributed by atoms with Crippen molar-refractivity contribution in [2.45, 2.75) is 25.8 Å². The van der Waals surface area contributed by atoms with Gasteiger partial charge in [-0.3, -0.25) is 14.4 Å². The Morgan fingerprint density at radius 1 is 1.10 bits per heavy atom. The van der Waals surface area contributed by atoms with Gasteiger partial charge in [-0.25, -0.2) is 0 Å². The van der Waals surface area contributed by atoms with Crippen molar-refractivity contribution in [3.63, 3.8) is 0 Å². The van der Waals surface area contributed by atoms with Crippen LogP contribution in [0.3, 0.4) is 0 Å². The average molecular weight is 414 g/mol. The van der Waals surface area contributed by atoms with Crippen LogP contribution < -0.4 is 10.6 Å².